The standard InChI is InChI=1S/C34H33N3O7/c1-41-12-13-43-29-17-24(14-26(38)19-29)34(40)37-10-8-22-15-28-6-7-31(22)32(37)23-4-2-5-27(16-23)42-11-3-9-36-33(39)25-18-30(44-28)21-35-20-25/h2,4-7,14-21,32,38H,3,8-13H2,1H3,(H,36,39). The highest BCUT2D eigenvalue weighted by molar-refractivity contribution is 5.96. The first-order valence-electron chi connectivity index (χ1n) is 14.5. The van der Waals surface area contributed by atoms with Crippen LogP contribution in [0.4, 0.5) is 0 Å². The van der Waals surface area contributed by atoms with Gasteiger partial charge in [-0.3, -0.25) is 14.6 Å². The Labute approximate surface area is 255 Å². The molecule has 1 unspecified atom stereocenters. The summed E-state index contributed by atoms with van der Waals surface area (Å²) in [5, 5.41) is 13.3. The van der Waals surface area contributed by atoms with Gasteiger partial charge >= 0.3 is 0 Å². The van der Waals surface area contributed by atoms with Crippen LogP contribution in [0.5, 0.6) is 28.7 Å². The van der Waals surface area contributed by atoms with E-state index in [1.807, 2.05) is 47.4 Å². The molecule has 1 atom stereocenters. The summed E-state index contributed by atoms with van der Waals surface area (Å²) in [4.78, 5) is 32.8. The van der Waals surface area contributed by atoms with Gasteiger partial charge in [0.2, 0.25) is 0 Å². The molecular weight excluding hydrogens is 562 g/mol. The van der Waals surface area contributed by atoms with Gasteiger partial charge in [0.05, 0.1) is 31.0 Å². The molecule has 1 aromatic heterocycles. The monoisotopic (exact) mass is 595 g/mol. The maximum Gasteiger partial charge on any atom is 0.254 e. The van der Waals surface area contributed by atoms with Crippen molar-refractivity contribution in [3.63, 3.8) is 0 Å². The molecule has 0 fully saturated rings. The second-order valence-electron chi connectivity index (χ2n) is 10.6. The Morgan fingerprint density at radius 2 is 1.95 bits per heavy atom. The highest BCUT2D eigenvalue weighted by Gasteiger charge is 2.33. The number of aromatic nitrogens is 1. The molecule has 0 spiro atoms. The van der Waals surface area contributed by atoms with E-state index in [0.717, 1.165) is 16.7 Å². The summed E-state index contributed by atoms with van der Waals surface area (Å²) < 4.78 is 22.9. The lowest BCUT2D eigenvalue weighted by molar-refractivity contribution is 0.0693. The molecule has 3 aromatic carbocycles. The molecular formula is C34H33N3O7. The summed E-state index contributed by atoms with van der Waals surface area (Å²) >= 11 is 0. The second-order valence-corrected chi connectivity index (χ2v) is 10.6. The summed E-state index contributed by atoms with van der Waals surface area (Å²) in [5.41, 5.74) is 3.60. The number of pyridine rings is 1. The quantitative estimate of drug-likeness (QED) is 0.313. The van der Waals surface area contributed by atoms with E-state index in [4.69, 9.17) is 18.9 Å². The first-order valence-corrected chi connectivity index (χ1v) is 14.5. The third-order valence-corrected chi connectivity index (χ3v) is 7.56. The van der Waals surface area contributed by atoms with Crippen LogP contribution in [0.25, 0.3) is 0 Å². The highest BCUT2D eigenvalue weighted by atomic mass is 16.5. The Hall–Kier alpha value is -5.09. The van der Waals surface area contributed by atoms with Gasteiger partial charge in [-0.05, 0) is 72.0 Å². The number of methoxy groups -OCH3 is 1. The van der Waals surface area contributed by atoms with Gasteiger partial charge in [-0.15, -0.1) is 0 Å². The van der Waals surface area contributed by atoms with E-state index in [2.05, 4.69) is 10.3 Å². The van der Waals surface area contributed by atoms with E-state index in [-0.39, 0.29) is 24.2 Å². The lowest BCUT2D eigenvalue weighted by atomic mass is 9.87. The minimum atomic E-state index is -0.424. The Bertz CT molecular complexity index is 1670. The predicted octanol–water partition coefficient (Wildman–Crippen LogP) is 4.90. The van der Waals surface area contributed by atoms with Crippen LogP contribution in [0, 0.1) is 0 Å². The molecule has 0 saturated heterocycles. The normalized spacial score (nSPS) is 16.2. The number of rotatable bonds is 5. The van der Waals surface area contributed by atoms with Crippen molar-refractivity contribution in [2.24, 2.45) is 0 Å². The fourth-order valence-electron chi connectivity index (χ4n) is 5.52. The summed E-state index contributed by atoms with van der Waals surface area (Å²) in [6, 6.07) is 19.3. The van der Waals surface area contributed by atoms with Gasteiger partial charge in [-0.25, -0.2) is 0 Å². The number of hydrogen-bond donors (Lipinski definition) is 2. The van der Waals surface area contributed by atoms with Gasteiger partial charge in [-0.1, -0.05) is 18.2 Å². The zero-order valence-electron chi connectivity index (χ0n) is 24.3. The van der Waals surface area contributed by atoms with Gasteiger partial charge in [-0.2, -0.15) is 0 Å². The number of nitrogens with one attached hydrogen (secondary N) is 1. The fraction of sp³-hybridized carbons (Fsp3) is 0.265. The van der Waals surface area contributed by atoms with Crippen LogP contribution in [0.1, 0.15) is 49.9 Å². The number of hydrogen-bond acceptors (Lipinski definition) is 8. The Morgan fingerprint density at radius 1 is 1.05 bits per heavy atom. The van der Waals surface area contributed by atoms with Gasteiger partial charge in [0.15, 0.2) is 0 Å². The number of nitrogens with zero attached hydrogens (tertiary/aromatic N) is 2. The summed E-state index contributed by atoms with van der Waals surface area (Å²) in [6.07, 6.45) is 4.26. The van der Waals surface area contributed by atoms with Crippen molar-refractivity contribution in [2.45, 2.75) is 18.9 Å². The Balaban J connectivity index is 1.39. The molecule has 0 radical (unpaired) electrons. The van der Waals surface area contributed by atoms with Crippen LogP contribution >= 0.6 is 0 Å². The fourth-order valence-corrected chi connectivity index (χ4v) is 5.52. The van der Waals surface area contributed by atoms with E-state index >= 15 is 0 Å². The molecule has 0 saturated carbocycles. The molecule has 10 nitrogen and oxygen atoms in total. The SMILES string of the molecule is COCCOc1cc(O)cc(C(=O)N2CCc3cc4ccc3C2c2cccc(c2)OCCCNC(=O)c2cncc(c2)O4)c1. The number of aromatic hydroxyl groups is 1. The minimum Gasteiger partial charge on any atom is -0.508 e. The third-order valence-electron chi connectivity index (χ3n) is 7.56. The molecule has 44 heavy (non-hydrogen) atoms. The number of benzene rings is 3. The predicted molar refractivity (Wildman–Crippen MR) is 162 cm³/mol. The number of phenols is 1. The average molecular weight is 596 g/mol. The van der Waals surface area contributed by atoms with E-state index in [1.54, 1.807) is 25.4 Å². The smallest absolute Gasteiger partial charge is 0.254 e. The molecule has 2 N–H and O–H groups in total. The Kier molecular flexibility index (Phi) is 8.60. The maximum absolute atomic E-state index is 14.1. The van der Waals surface area contributed by atoms with E-state index in [1.165, 1.54) is 18.3 Å². The molecule has 7 rings (SSSR count). The highest BCUT2D eigenvalue weighted by Crippen LogP contribution is 2.40. The number of fused-ring (bicyclic) bond motifs is 6. The van der Waals surface area contributed by atoms with E-state index in [0.29, 0.717) is 73.3 Å². The van der Waals surface area contributed by atoms with E-state index < -0.39 is 6.04 Å². The third kappa shape index (κ3) is 6.45. The van der Waals surface area contributed by atoms with Gasteiger partial charge in [0.25, 0.3) is 11.8 Å². The van der Waals surface area contributed by atoms with Crippen molar-refractivity contribution in [2.75, 3.05) is 40.0 Å². The van der Waals surface area contributed by atoms with Crippen molar-refractivity contribution in [1.82, 2.24) is 15.2 Å². The summed E-state index contributed by atoms with van der Waals surface area (Å²) in [6.45, 7) is 1.92. The van der Waals surface area contributed by atoms with Gasteiger partial charge < -0.3 is 34.3 Å². The molecule has 0 aliphatic carbocycles. The zero-order chi connectivity index (χ0) is 30.5. The van der Waals surface area contributed by atoms with Crippen LogP contribution in [-0.4, -0.2) is 66.8 Å². The van der Waals surface area contributed by atoms with E-state index in [9.17, 15) is 14.7 Å². The van der Waals surface area contributed by atoms with Crippen molar-refractivity contribution in [3.8, 4) is 28.7 Å². The summed E-state index contributed by atoms with van der Waals surface area (Å²) in [7, 11) is 1.58. The van der Waals surface area contributed by atoms with Crippen molar-refractivity contribution < 1.29 is 33.6 Å². The van der Waals surface area contributed by atoms with Crippen LogP contribution in [-0.2, 0) is 11.2 Å². The molecule has 8 bridgehead atoms. The van der Waals surface area contributed by atoms with Crippen LogP contribution in [0.15, 0.2) is 79.1 Å². The number of carbonyl (C=O) groups is 2. The minimum absolute atomic E-state index is 0.0580. The van der Waals surface area contributed by atoms with Crippen LogP contribution < -0.4 is 19.5 Å². The average Bonchev–Trinajstić information content (AvgIpc) is 3.03. The van der Waals surface area contributed by atoms with Crippen LogP contribution in [0.2, 0.25) is 0 Å². The maximum atomic E-state index is 14.1. The molecule has 2 amide bonds. The number of carbonyl (C=O) groups excluding carboxylic acids is 2. The first kappa shape index (κ1) is 29.0. The summed E-state index contributed by atoms with van der Waals surface area (Å²) in [5.74, 6) is 1.58. The molecule has 4 heterocycles. The topological polar surface area (TPSA) is 119 Å². The lowest BCUT2D eigenvalue weighted by Crippen LogP contribution is -2.40. The molecule has 3 aliphatic heterocycles. The van der Waals surface area contributed by atoms with Crippen LogP contribution in [0.3, 0.4) is 0 Å². The molecule has 226 valence electrons. The Morgan fingerprint density at radius 3 is 2.84 bits per heavy atom. The first-order chi connectivity index (χ1) is 21.5. The number of phenolic OH excluding ortho intramolecular Hbond substituents is 1. The van der Waals surface area contributed by atoms with Gasteiger partial charge in [0.1, 0.15) is 35.4 Å². The number of ether oxygens (including phenoxy) is 4. The van der Waals surface area contributed by atoms with Crippen molar-refractivity contribution in [3.05, 3.63) is 107 Å². The molecule has 10 heteroatoms. The van der Waals surface area contributed by atoms with Crippen molar-refractivity contribution in [1.29, 1.82) is 0 Å². The zero-order valence-corrected chi connectivity index (χ0v) is 24.3. The molecule has 3 aliphatic rings. The largest absolute Gasteiger partial charge is 0.508 e. The van der Waals surface area contributed by atoms with Gasteiger partial charge in [0, 0.05) is 38.0 Å². The lowest BCUT2D eigenvalue weighted by Gasteiger charge is -2.38. The molecule has 4 aromatic rings. The second kappa shape index (κ2) is 13.0. The van der Waals surface area contributed by atoms with Crippen molar-refractivity contribution >= 4 is 11.8 Å². The number of amides is 2.